The number of benzene rings is 2. The third-order valence-corrected chi connectivity index (χ3v) is 3.60. The molecule has 0 aliphatic rings. The van der Waals surface area contributed by atoms with E-state index in [1.54, 1.807) is 24.3 Å². The molecule has 0 aliphatic heterocycles. The molecule has 0 saturated heterocycles. The van der Waals surface area contributed by atoms with Gasteiger partial charge < -0.3 is 10.1 Å². The summed E-state index contributed by atoms with van der Waals surface area (Å²) >= 11 is 14.3. The molecule has 0 aromatic heterocycles. The van der Waals surface area contributed by atoms with E-state index in [0.717, 1.165) is 10.2 Å². The van der Waals surface area contributed by atoms with Crippen molar-refractivity contribution in [1.29, 1.82) is 0 Å². The van der Waals surface area contributed by atoms with Gasteiger partial charge in [-0.05, 0) is 48.6 Å². The van der Waals surface area contributed by atoms with Crippen LogP contribution in [0.2, 0.25) is 5.02 Å². The van der Waals surface area contributed by atoms with E-state index in [4.69, 9.17) is 28.6 Å². The Bertz CT molecular complexity index is 679. The average Bonchev–Trinajstić information content (AvgIpc) is 2.49. The molecular weight excluding hydrogens is 388 g/mol. The van der Waals surface area contributed by atoms with E-state index in [1.807, 2.05) is 24.3 Å². The molecule has 0 heterocycles. The Hall–Kier alpha value is -1.63. The maximum atomic E-state index is 11.8. The Morgan fingerprint density at radius 3 is 2.55 bits per heavy atom. The van der Waals surface area contributed by atoms with Crippen molar-refractivity contribution in [2.24, 2.45) is 0 Å². The molecule has 114 valence electrons. The highest BCUT2D eigenvalue weighted by atomic mass is 79.9. The normalized spacial score (nSPS) is 9.91. The van der Waals surface area contributed by atoms with Gasteiger partial charge in [-0.1, -0.05) is 39.7 Å². The zero-order valence-electron chi connectivity index (χ0n) is 11.3. The van der Waals surface area contributed by atoms with Gasteiger partial charge in [-0.25, -0.2) is 0 Å². The molecule has 0 spiro atoms. The van der Waals surface area contributed by atoms with Gasteiger partial charge in [0.05, 0.1) is 5.02 Å². The third-order valence-electron chi connectivity index (χ3n) is 2.55. The van der Waals surface area contributed by atoms with Crippen molar-refractivity contribution < 1.29 is 9.53 Å². The molecule has 22 heavy (non-hydrogen) atoms. The maximum absolute atomic E-state index is 11.8. The van der Waals surface area contributed by atoms with Gasteiger partial charge in [0.2, 0.25) is 0 Å². The standard InChI is InChI=1S/C15H12BrClN2O2S/c16-10-5-7-11(8-6-10)18-15(22)19-14(20)9-21-13-4-2-1-3-12(13)17/h1-8H,9H2,(H2,18,19,20,22). The Morgan fingerprint density at radius 1 is 1.18 bits per heavy atom. The smallest absolute Gasteiger partial charge is 0.264 e. The van der Waals surface area contributed by atoms with Crippen LogP contribution in [0, 0.1) is 0 Å². The Balaban J connectivity index is 1.80. The number of hydrogen-bond acceptors (Lipinski definition) is 3. The zero-order chi connectivity index (χ0) is 15.9. The van der Waals surface area contributed by atoms with Crippen LogP contribution in [0.5, 0.6) is 5.75 Å². The van der Waals surface area contributed by atoms with Crippen LogP contribution < -0.4 is 15.4 Å². The van der Waals surface area contributed by atoms with E-state index in [9.17, 15) is 4.79 Å². The van der Waals surface area contributed by atoms with E-state index in [0.29, 0.717) is 10.8 Å². The summed E-state index contributed by atoms with van der Waals surface area (Å²) in [6, 6.07) is 14.3. The van der Waals surface area contributed by atoms with Crippen molar-refractivity contribution in [3.63, 3.8) is 0 Å². The molecule has 0 unspecified atom stereocenters. The summed E-state index contributed by atoms with van der Waals surface area (Å²) in [5.41, 5.74) is 0.778. The Morgan fingerprint density at radius 2 is 1.86 bits per heavy atom. The molecule has 0 aliphatic carbocycles. The van der Waals surface area contributed by atoms with E-state index in [2.05, 4.69) is 26.6 Å². The average molecular weight is 400 g/mol. The number of rotatable bonds is 4. The van der Waals surface area contributed by atoms with Gasteiger partial charge in [0.25, 0.3) is 5.91 Å². The fourth-order valence-corrected chi connectivity index (χ4v) is 2.25. The summed E-state index contributed by atoms with van der Waals surface area (Å²) in [5.74, 6) is 0.0839. The van der Waals surface area contributed by atoms with Gasteiger partial charge in [0.1, 0.15) is 5.75 Å². The second-order valence-electron chi connectivity index (χ2n) is 4.23. The van der Waals surface area contributed by atoms with E-state index in [1.165, 1.54) is 0 Å². The molecule has 2 aromatic rings. The summed E-state index contributed by atoms with van der Waals surface area (Å²) in [5, 5.41) is 6.09. The quantitative estimate of drug-likeness (QED) is 0.763. The van der Waals surface area contributed by atoms with Crippen LogP contribution in [0.15, 0.2) is 53.0 Å². The SMILES string of the molecule is O=C(COc1ccccc1Cl)NC(=S)Nc1ccc(Br)cc1. The second kappa shape index (κ2) is 8.12. The summed E-state index contributed by atoms with van der Waals surface area (Å²) in [7, 11) is 0. The number of ether oxygens (including phenoxy) is 1. The molecule has 2 rings (SSSR count). The highest BCUT2D eigenvalue weighted by Gasteiger charge is 2.07. The highest BCUT2D eigenvalue weighted by Crippen LogP contribution is 2.22. The number of carbonyl (C=O) groups is 1. The van der Waals surface area contributed by atoms with Gasteiger partial charge in [-0.3, -0.25) is 10.1 Å². The predicted octanol–water partition coefficient (Wildman–Crippen LogP) is 3.99. The van der Waals surface area contributed by atoms with Crippen molar-refractivity contribution in [3.05, 3.63) is 58.0 Å². The number of amides is 1. The first-order valence-electron chi connectivity index (χ1n) is 6.28. The number of anilines is 1. The molecule has 0 fully saturated rings. The topological polar surface area (TPSA) is 50.4 Å². The minimum absolute atomic E-state index is 0.175. The van der Waals surface area contributed by atoms with Crippen LogP contribution in [0.3, 0.4) is 0 Å². The van der Waals surface area contributed by atoms with Gasteiger partial charge in [-0.15, -0.1) is 0 Å². The van der Waals surface area contributed by atoms with Gasteiger partial charge in [-0.2, -0.15) is 0 Å². The lowest BCUT2D eigenvalue weighted by molar-refractivity contribution is -0.121. The first-order valence-corrected chi connectivity index (χ1v) is 7.86. The van der Waals surface area contributed by atoms with Crippen molar-refractivity contribution in [2.45, 2.75) is 0 Å². The summed E-state index contributed by atoms with van der Waals surface area (Å²) < 4.78 is 6.29. The molecular formula is C15H12BrClN2O2S. The van der Waals surface area contributed by atoms with E-state index < -0.39 is 0 Å². The monoisotopic (exact) mass is 398 g/mol. The van der Waals surface area contributed by atoms with Crippen LogP contribution in [-0.2, 0) is 4.79 Å². The zero-order valence-corrected chi connectivity index (χ0v) is 14.5. The molecule has 7 heteroatoms. The lowest BCUT2D eigenvalue weighted by Gasteiger charge is -2.11. The van der Waals surface area contributed by atoms with Gasteiger partial charge >= 0.3 is 0 Å². The molecule has 0 radical (unpaired) electrons. The maximum Gasteiger partial charge on any atom is 0.264 e. The van der Waals surface area contributed by atoms with Crippen molar-refractivity contribution >= 4 is 56.5 Å². The molecule has 2 N–H and O–H groups in total. The molecule has 0 bridgehead atoms. The number of para-hydroxylation sites is 1. The van der Waals surface area contributed by atoms with Crippen LogP contribution in [-0.4, -0.2) is 17.6 Å². The minimum atomic E-state index is -0.366. The molecule has 4 nitrogen and oxygen atoms in total. The Kier molecular flexibility index (Phi) is 6.18. The lowest BCUT2D eigenvalue weighted by atomic mass is 10.3. The lowest BCUT2D eigenvalue weighted by Crippen LogP contribution is -2.37. The van der Waals surface area contributed by atoms with Crippen molar-refractivity contribution in [1.82, 2.24) is 5.32 Å². The predicted molar refractivity (Wildman–Crippen MR) is 95.5 cm³/mol. The summed E-state index contributed by atoms with van der Waals surface area (Å²) in [4.78, 5) is 11.8. The second-order valence-corrected chi connectivity index (χ2v) is 5.96. The highest BCUT2D eigenvalue weighted by molar-refractivity contribution is 9.10. The van der Waals surface area contributed by atoms with Crippen LogP contribution in [0.25, 0.3) is 0 Å². The van der Waals surface area contributed by atoms with Crippen molar-refractivity contribution in [3.8, 4) is 5.75 Å². The third kappa shape index (κ3) is 5.29. The van der Waals surface area contributed by atoms with Crippen LogP contribution >= 0.6 is 39.7 Å². The first kappa shape index (κ1) is 16.7. The number of carbonyl (C=O) groups excluding carboxylic acids is 1. The fourth-order valence-electron chi connectivity index (χ4n) is 1.56. The first-order chi connectivity index (χ1) is 10.5. The number of halogens is 2. The molecule has 0 atom stereocenters. The van der Waals surface area contributed by atoms with Gasteiger partial charge in [0.15, 0.2) is 11.7 Å². The number of nitrogens with one attached hydrogen (secondary N) is 2. The molecule has 0 saturated carbocycles. The summed E-state index contributed by atoms with van der Waals surface area (Å²) in [6.45, 7) is -0.175. The Labute approximate surface area is 146 Å². The van der Waals surface area contributed by atoms with E-state index in [-0.39, 0.29) is 17.6 Å². The molecule has 1 amide bonds. The van der Waals surface area contributed by atoms with Crippen LogP contribution in [0.4, 0.5) is 5.69 Å². The largest absolute Gasteiger partial charge is 0.482 e. The van der Waals surface area contributed by atoms with Crippen molar-refractivity contribution in [2.75, 3.05) is 11.9 Å². The van der Waals surface area contributed by atoms with Crippen LogP contribution in [0.1, 0.15) is 0 Å². The number of thiocarbonyl (C=S) groups is 1. The fraction of sp³-hybridized carbons (Fsp3) is 0.0667. The number of hydrogen-bond donors (Lipinski definition) is 2. The minimum Gasteiger partial charge on any atom is -0.482 e. The summed E-state index contributed by atoms with van der Waals surface area (Å²) in [6.07, 6.45) is 0. The van der Waals surface area contributed by atoms with E-state index >= 15 is 0 Å². The molecule has 2 aromatic carbocycles. The van der Waals surface area contributed by atoms with Gasteiger partial charge in [0, 0.05) is 10.2 Å².